The summed E-state index contributed by atoms with van der Waals surface area (Å²) in [5.74, 6) is 7.01. The minimum absolute atomic E-state index is 0.207. The molecular formula is C18H23N3O2. The maximum Gasteiger partial charge on any atom is 0.174 e. The summed E-state index contributed by atoms with van der Waals surface area (Å²) in [7, 11) is 0. The van der Waals surface area contributed by atoms with Crippen LogP contribution in [0.15, 0.2) is 18.5 Å². The second kappa shape index (κ2) is 7.49. The molecule has 1 aliphatic heterocycles. The summed E-state index contributed by atoms with van der Waals surface area (Å²) >= 11 is 0. The van der Waals surface area contributed by atoms with Crippen molar-refractivity contribution in [3.05, 3.63) is 35.3 Å². The molecule has 0 bridgehead atoms. The third-order valence-corrected chi connectivity index (χ3v) is 3.79. The van der Waals surface area contributed by atoms with E-state index in [1.54, 1.807) is 12.4 Å². The smallest absolute Gasteiger partial charge is 0.174 e. The van der Waals surface area contributed by atoms with Gasteiger partial charge < -0.3 is 20.5 Å². The van der Waals surface area contributed by atoms with Gasteiger partial charge in [-0.25, -0.2) is 0 Å². The average Bonchev–Trinajstić information content (AvgIpc) is 3.38. The quantitative estimate of drug-likeness (QED) is 0.829. The maximum absolute atomic E-state index is 6.11. The van der Waals surface area contributed by atoms with Gasteiger partial charge in [-0.05, 0) is 37.8 Å². The first-order valence-corrected chi connectivity index (χ1v) is 8.13. The van der Waals surface area contributed by atoms with Crippen molar-refractivity contribution in [3.63, 3.8) is 0 Å². The van der Waals surface area contributed by atoms with Crippen LogP contribution in [0.3, 0.4) is 0 Å². The number of nitrogens with two attached hydrogens (primary N) is 1. The molecule has 0 amide bonds. The lowest BCUT2D eigenvalue weighted by atomic mass is 10.1. The molecule has 0 unspecified atom stereocenters. The molecule has 122 valence electrons. The van der Waals surface area contributed by atoms with Crippen molar-refractivity contribution in [1.29, 1.82) is 0 Å². The molecule has 1 saturated heterocycles. The molecule has 0 spiro atoms. The average molecular weight is 313 g/mol. The molecule has 23 heavy (non-hydrogen) atoms. The molecule has 5 heteroatoms. The molecule has 1 aromatic rings. The fraction of sp³-hybridized carbons (Fsp3) is 0.500. The Hall–Kier alpha value is -2.03. The van der Waals surface area contributed by atoms with E-state index in [9.17, 15) is 0 Å². The van der Waals surface area contributed by atoms with Crippen molar-refractivity contribution in [2.45, 2.75) is 32.5 Å². The largest absolute Gasteiger partial charge is 0.396 e. The fourth-order valence-electron chi connectivity index (χ4n) is 2.35. The number of aromatic nitrogens is 1. The molecule has 2 aliphatic rings. The van der Waals surface area contributed by atoms with Gasteiger partial charge in [-0.1, -0.05) is 11.8 Å². The number of rotatable bonds is 4. The van der Waals surface area contributed by atoms with Crippen LogP contribution in [0.2, 0.25) is 0 Å². The zero-order valence-electron chi connectivity index (χ0n) is 13.5. The minimum Gasteiger partial charge on any atom is -0.396 e. The zero-order chi connectivity index (χ0) is 16.1. The molecule has 3 rings (SSSR count). The lowest BCUT2D eigenvalue weighted by Gasteiger charge is -2.23. The highest BCUT2D eigenvalue weighted by Crippen LogP contribution is 2.27. The van der Waals surface area contributed by atoms with Crippen molar-refractivity contribution in [2.75, 3.05) is 19.8 Å². The number of ether oxygens (including phenoxy) is 2. The number of hydrogen-bond acceptors (Lipinski definition) is 5. The molecule has 5 nitrogen and oxygen atoms in total. The van der Waals surface area contributed by atoms with E-state index in [-0.39, 0.29) is 6.29 Å². The minimum atomic E-state index is -0.207. The van der Waals surface area contributed by atoms with Gasteiger partial charge in [-0.15, -0.1) is 0 Å². The molecule has 0 aromatic carbocycles. The van der Waals surface area contributed by atoms with Gasteiger partial charge in [0.15, 0.2) is 6.29 Å². The summed E-state index contributed by atoms with van der Waals surface area (Å²) in [6.07, 6.45) is 6.74. The number of hydrogen-bond donors (Lipinski definition) is 2. The van der Waals surface area contributed by atoms with E-state index >= 15 is 0 Å². The van der Waals surface area contributed by atoms with Crippen LogP contribution in [0.5, 0.6) is 0 Å². The monoisotopic (exact) mass is 313 g/mol. The summed E-state index contributed by atoms with van der Waals surface area (Å²) in [5.41, 5.74) is 9.46. The Bertz CT molecular complexity index is 635. The normalized spacial score (nSPS) is 19.1. The first-order valence-electron chi connectivity index (χ1n) is 8.13. The van der Waals surface area contributed by atoms with E-state index in [2.05, 4.69) is 22.1 Å². The predicted molar refractivity (Wildman–Crippen MR) is 89.1 cm³/mol. The number of pyridine rings is 1. The van der Waals surface area contributed by atoms with Gasteiger partial charge in [0, 0.05) is 23.9 Å². The van der Waals surface area contributed by atoms with Crippen LogP contribution in [0.25, 0.3) is 5.70 Å². The lowest BCUT2D eigenvalue weighted by molar-refractivity contribution is -0.174. The second-order valence-corrected chi connectivity index (χ2v) is 5.97. The van der Waals surface area contributed by atoms with E-state index in [1.807, 2.05) is 13.0 Å². The highest BCUT2D eigenvalue weighted by atomic mass is 16.7. The summed E-state index contributed by atoms with van der Waals surface area (Å²) in [5, 5.41) is 3.14. The Morgan fingerprint density at radius 2 is 2.22 bits per heavy atom. The van der Waals surface area contributed by atoms with Gasteiger partial charge in [-0.2, -0.15) is 0 Å². The van der Waals surface area contributed by atoms with Gasteiger partial charge in [-0.3, -0.25) is 4.98 Å². The van der Waals surface area contributed by atoms with Crippen LogP contribution < -0.4 is 11.1 Å². The SMILES string of the molecule is Cc1cc(C#CC2CC2)cnc1/C(N)=C/NCC1OCCCO1. The first kappa shape index (κ1) is 15.9. The van der Waals surface area contributed by atoms with Crippen molar-refractivity contribution < 1.29 is 9.47 Å². The van der Waals surface area contributed by atoms with Crippen molar-refractivity contribution in [3.8, 4) is 11.8 Å². The number of nitrogens with one attached hydrogen (secondary N) is 1. The predicted octanol–water partition coefficient (Wildman–Crippen LogP) is 1.76. The Kier molecular flexibility index (Phi) is 5.16. The molecular weight excluding hydrogens is 290 g/mol. The van der Waals surface area contributed by atoms with Crippen molar-refractivity contribution in [2.24, 2.45) is 11.7 Å². The number of aryl methyl sites for hydroxylation is 1. The van der Waals surface area contributed by atoms with Crippen LogP contribution in [-0.4, -0.2) is 31.0 Å². The summed E-state index contributed by atoms with van der Waals surface area (Å²) in [4.78, 5) is 4.44. The third-order valence-electron chi connectivity index (χ3n) is 3.79. The van der Waals surface area contributed by atoms with Crippen molar-refractivity contribution in [1.82, 2.24) is 10.3 Å². The molecule has 3 N–H and O–H groups in total. The second-order valence-electron chi connectivity index (χ2n) is 5.97. The third kappa shape index (κ3) is 4.72. The fourth-order valence-corrected chi connectivity index (χ4v) is 2.35. The molecule has 2 heterocycles. The Labute approximate surface area is 137 Å². The molecule has 0 atom stereocenters. The van der Waals surface area contributed by atoms with E-state index in [1.165, 1.54) is 12.8 Å². The van der Waals surface area contributed by atoms with Crippen molar-refractivity contribution >= 4 is 5.70 Å². The van der Waals surface area contributed by atoms with E-state index in [4.69, 9.17) is 15.2 Å². The van der Waals surface area contributed by atoms with E-state index in [0.29, 0.717) is 18.2 Å². The van der Waals surface area contributed by atoms with Gasteiger partial charge in [0.05, 0.1) is 31.1 Å². The Balaban J connectivity index is 1.58. The molecule has 0 radical (unpaired) electrons. The summed E-state index contributed by atoms with van der Waals surface area (Å²) in [6.45, 7) is 4.06. The summed E-state index contributed by atoms with van der Waals surface area (Å²) in [6, 6.07) is 2.03. The van der Waals surface area contributed by atoms with Crippen LogP contribution in [0, 0.1) is 24.7 Å². The Morgan fingerprint density at radius 1 is 1.43 bits per heavy atom. The van der Waals surface area contributed by atoms with Crippen LogP contribution >= 0.6 is 0 Å². The zero-order valence-corrected chi connectivity index (χ0v) is 13.5. The summed E-state index contributed by atoms with van der Waals surface area (Å²) < 4.78 is 10.9. The van der Waals surface area contributed by atoms with E-state index < -0.39 is 0 Å². The van der Waals surface area contributed by atoms with Crippen LogP contribution in [-0.2, 0) is 9.47 Å². The molecule has 1 saturated carbocycles. The Morgan fingerprint density at radius 3 is 2.91 bits per heavy atom. The lowest BCUT2D eigenvalue weighted by Crippen LogP contribution is -2.33. The maximum atomic E-state index is 6.11. The van der Waals surface area contributed by atoms with Gasteiger partial charge in [0.1, 0.15) is 0 Å². The van der Waals surface area contributed by atoms with Gasteiger partial charge in [0.25, 0.3) is 0 Å². The van der Waals surface area contributed by atoms with Crippen LogP contribution in [0.1, 0.15) is 36.1 Å². The highest BCUT2D eigenvalue weighted by Gasteiger charge is 2.17. The molecule has 1 aliphatic carbocycles. The highest BCUT2D eigenvalue weighted by molar-refractivity contribution is 5.62. The van der Waals surface area contributed by atoms with E-state index in [0.717, 1.165) is 36.5 Å². The van der Waals surface area contributed by atoms with Gasteiger partial charge >= 0.3 is 0 Å². The topological polar surface area (TPSA) is 69.4 Å². The number of nitrogens with zero attached hydrogens (tertiary/aromatic N) is 1. The molecule has 1 aromatic heterocycles. The van der Waals surface area contributed by atoms with Crippen LogP contribution in [0.4, 0.5) is 0 Å². The standard InChI is InChI=1S/C18H23N3O2/c1-13-9-15(6-5-14-3-4-14)10-21-18(13)16(19)11-20-12-17-22-7-2-8-23-17/h9-11,14,17,20H,2-4,7-8,12,19H2,1H3/b16-11-. The molecule has 2 fully saturated rings. The first-order chi connectivity index (χ1) is 11.2. The van der Waals surface area contributed by atoms with Gasteiger partial charge in [0.2, 0.25) is 0 Å².